The van der Waals surface area contributed by atoms with Crippen molar-refractivity contribution in [3.8, 4) is 0 Å². The molecule has 0 spiro atoms. The number of nitrogens with zero attached hydrogens (tertiary/aromatic N) is 3. The fourth-order valence-corrected chi connectivity index (χ4v) is 3.88. The van der Waals surface area contributed by atoms with E-state index in [9.17, 15) is 14.9 Å². The van der Waals surface area contributed by atoms with E-state index in [0.717, 1.165) is 28.5 Å². The number of para-hydroxylation sites is 1. The van der Waals surface area contributed by atoms with E-state index in [4.69, 9.17) is 12.2 Å². The second kappa shape index (κ2) is 8.08. The molecular weight excluding hydrogens is 400 g/mol. The molecule has 1 aromatic heterocycles. The van der Waals surface area contributed by atoms with Crippen molar-refractivity contribution in [3.63, 3.8) is 0 Å². The van der Waals surface area contributed by atoms with Crippen molar-refractivity contribution in [1.82, 2.24) is 14.8 Å². The lowest BCUT2D eigenvalue weighted by molar-refractivity contribution is -0.384. The van der Waals surface area contributed by atoms with Gasteiger partial charge in [0.2, 0.25) is 0 Å². The highest BCUT2D eigenvalue weighted by molar-refractivity contribution is 7.80. The molecule has 0 aliphatic carbocycles. The van der Waals surface area contributed by atoms with E-state index in [1.165, 1.54) is 12.1 Å². The molecule has 8 heteroatoms. The number of amides is 1. The molecular formula is C22H20N4O3S. The zero-order valence-corrected chi connectivity index (χ0v) is 17.2. The van der Waals surface area contributed by atoms with Crippen LogP contribution in [0.1, 0.15) is 24.5 Å². The number of fused-ring (bicyclic) bond motifs is 1. The minimum atomic E-state index is -0.406. The van der Waals surface area contributed by atoms with Gasteiger partial charge in [-0.3, -0.25) is 19.8 Å². The quantitative estimate of drug-likeness (QED) is 0.281. The van der Waals surface area contributed by atoms with Crippen LogP contribution in [0, 0.1) is 10.1 Å². The summed E-state index contributed by atoms with van der Waals surface area (Å²) in [6, 6.07) is 14.5. The normalized spacial score (nSPS) is 15.2. The van der Waals surface area contributed by atoms with Crippen molar-refractivity contribution in [3.05, 3.63) is 81.7 Å². The third kappa shape index (κ3) is 3.69. The minimum Gasteiger partial charge on any atom is -0.342 e. The summed E-state index contributed by atoms with van der Waals surface area (Å²) in [5.74, 6) is -0.117. The Morgan fingerprint density at radius 1 is 1.17 bits per heavy atom. The lowest BCUT2D eigenvalue weighted by Crippen LogP contribution is -2.31. The van der Waals surface area contributed by atoms with Gasteiger partial charge in [-0.1, -0.05) is 37.3 Å². The molecule has 1 N–H and O–H groups in total. The molecule has 0 saturated carbocycles. The Morgan fingerprint density at radius 2 is 1.90 bits per heavy atom. The van der Waals surface area contributed by atoms with E-state index in [1.807, 2.05) is 43.5 Å². The fraction of sp³-hybridized carbons (Fsp3) is 0.182. The van der Waals surface area contributed by atoms with Crippen LogP contribution in [0.3, 0.4) is 0 Å². The average molecular weight is 420 g/mol. The maximum Gasteiger partial charge on any atom is 0.276 e. The lowest BCUT2D eigenvalue weighted by atomic mass is 10.1. The second-order valence-corrected chi connectivity index (χ2v) is 7.48. The summed E-state index contributed by atoms with van der Waals surface area (Å²) in [6.45, 7) is 3.15. The Hall–Kier alpha value is -3.52. The van der Waals surface area contributed by atoms with Crippen LogP contribution in [-0.2, 0) is 11.3 Å². The number of carbonyl (C=O) groups is 1. The molecule has 0 bridgehead atoms. The molecule has 152 valence electrons. The summed E-state index contributed by atoms with van der Waals surface area (Å²) in [6.07, 6.45) is 4.65. The molecule has 3 aromatic rings. The first-order valence-electron chi connectivity index (χ1n) is 9.63. The highest BCUT2D eigenvalue weighted by atomic mass is 32.1. The van der Waals surface area contributed by atoms with E-state index in [1.54, 1.807) is 17.0 Å². The number of rotatable bonds is 6. The molecule has 2 heterocycles. The van der Waals surface area contributed by atoms with Crippen LogP contribution in [-0.4, -0.2) is 32.0 Å². The number of carbonyl (C=O) groups excluding carboxylic acids is 1. The SMILES string of the molecule is CCCN1C(=O)C(=Cc2cn(Cc3ccc([N+](=O)[O-])cc3)c3ccccc23)NC1=S. The number of non-ortho nitro benzene ring substituents is 1. The van der Waals surface area contributed by atoms with Crippen molar-refractivity contribution < 1.29 is 9.72 Å². The van der Waals surface area contributed by atoms with Gasteiger partial charge in [0.1, 0.15) is 5.70 Å². The summed E-state index contributed by atoms with van der Waals surface area (Å²) >= 11 is 5.29. The van der Waals surface area contributed by atoms with E-state index < -0.39 is 4.92 Å². The zero-order chi connectivity index (χ0) is 21.3. The first-order valence-corrected chi connectivity index (χ1v) is 10.0. The number of benzene rings is 2. The molecule has 30 heavy (non-hydrogen) atoms. The Morgan fingerprint density at radius 3 is 2.60 bits per heavy atom. The first kappa shape index (κ1) is 19.8. The molecule has 1 aliphatic rings. The third-order valence-electron chi connectivity index (χ3n) is 5.03. The predicted molar refractivity (Wildman–Crippen MR) is 120 cm³/mol. The number of aromatic nitrogens is 1. The van der Waals surface area contributed by atoms with Gasteiger partial charge in [-0.25, -0.2) is 0 Å². The molecule has 4 rings (SSSR count). The van der Waals surface area contributed by atoms with Gasteiger partial charge in [0.25, 0.3) is 11.6 Å². The van der Waals surface area contributed by atoms with Gasteiger partial charge < -0.3 is 9.88 Å². The van der Waals surface area contributed by atoms with Gasteiger partial charge in [-0.15, -0.1) is 0 Å². The van der Waals surface area contributed by atoms with Crippen molar-refractivity contribution in [1.29, 1.82) is 0 Å². The number of nitro groups is 1. The molecule has 1 aliphatic heterocycles. The molecule has 1 amide bonds. The van der Waals surface area contributed by atoms with Crippen LogP contribution < -0.4 is 5.32 Å². The van der Waals surface area contributed by atoms with E-state index in [-0.39, 0.29) is 11.6 Å². The number of hydrogen-bond donors (Lipinski definition) is 1. The highest BCUT2D eigenvalue weighted by Crippen LogP contribution is 2.26. The van der Waals surface area contributed by atoms with Gasteiger partial charge in [0, 0.05) is 47.9 Å². The second-order valence-electron chi connectivity index (χ2n) is 7.10. The summed E-state index contributed by atoms with van der Waals surface area (Å²) in [5, 5.41) is 15.3. The van der Waals surface area contributed by atoms with Crippen molar-refractivity contribution in [2.24, 2.45) is 0 Å². The standard InChI is InChI=1S/C22H20N4O3S/c1-2-11-25-21(27)19(23-22(25)30)12-16-14-24(20-6-4-3-5-18(16)20)13-15-7-9-17(10-8-15)26(28)29/h3-10,12,14H,2,11,13H2,1H3,(H,23,30). The van der Waals surface area contributed by atoms with Crippen molar-refractivity contribution >= 4 is 45.9 Å². The van der Waals surface area contributed by atoms with Crippen LogP contribution in [0.4, 0.5) is 5.69 Å². The summed E-state index contributed by atoms with van der Waals surface area (Å²) < 4.78 is 2.07. The third-order valence-corrected chi connectivity index (χ3v) is 5.35. The Labute approximate surface area is 178 Å². The smallest absolute Gasteiger partial charge is 0.276 e. The van der Waals surface area contributed by atoms with Gasteiger partial charge >= 0.3 is 0 Å². The first-order chi connectivity index (χ1) is 14.5. The Kier molecular flexibility index (Phi) is 5.33. The molecule has 1 fully saturated rings. The topological polar surface area (TPSA) is 80.4 Å². The number of thiocarbonyl (C=S) groups is 1. The van der Waals surface area contributed by atoms with Crippen LogP contribution in [0.5, 0.6) is 0 Å². The van der Waals surface area contributed by atoms with Gasteiger partial charge in [0.15, 0.2) is 5.11 Å². The van der Waals surface area contributed by atoms with E-state index in [2.05, 4.69) is 9.88 Å². The zero-order valence-electron chi connectivity index (χ0n) is 16.4. The minimum absolute atomic E-state index is 0.0694. The molecule has 1 saturated heterocycles. The van der Waals surface area contributed by atoms with Gasteiger partial charge in [0.05, 0.1) is 4.92 Å². The van der Waals surface area contributed by atoms with E-state index in [0.29, 0.717) is 23.9 Å². The molecule has 2 aromatic carbocycles. The summed E-state index contributed by atoms with van der Waals surface area (Å²) in [7, 11) is 0. The number of nitro benzene ring substituents is 1. The molecule has 0 unspecified atom stereocenters. The van der Waals surface area contributed by atoms with Gasteiger partial charge in [-0.05, 0) is 36.3 Å². The number of nitrogens with one attached hydrogen (secondary N) is 1. The molecule has 0 radical (unpaired) electrons. The van der Waals surface area contributed by atoms with E-state index >= 15 is 0 Å². The Balaban J connectivity index is 1.68. The van der Waals surface area contributed by atoms with Crippen LogP contribution in [0.2, 0.25) is 0 Å². The van der Waals surface area contributed by atoms with Gasteiger partial charge in [-0.2, -0.15) is 0 Å². The predicted octanol–water partition coefficient (Wildman–Crippen LogP) is 4.07. The lowest BCUT2D eigenvalue weighted by Gasteiger charge is -2.11. The summed E-state index contributed by atoms with van der Waals surface area (Å²) in [4.78, 5) is 24.7. The van der Waals surface area contributed by atoms with Crippen LogP contribution in [0.25, 0.3) is 17.0 Å². The van der Waals surface area contributed by atoms with Crippen molar-refractivity contribution in [2.45, 2.75) is 19.9 Å². The maximum atomic E-state index is 12.7. The van der Waals surface area contributed by atoms with Crippen LogP contribution >= 0.6 is 12.2 Å². The highest BCUT2D eigenvalue weighted by Gasteiger charge is 2.30. The fourth-order valence-electron chi connectivity index (χ4n) is 3.59. The monoisotopic (exact) mass is 420 g/mol. The van der Waals surface area contributed by atoms with Crippen LogP contribution in [0.15, 0.2) is 60.4 Å². The number of hydrogen-bond acceptors (Lipinski definition) is 4. The maximum absolute atomic E-state index is 12.7. The summed E-state index contributed by atoms with van der Waals surface area (Å²) in [5.41, 5.74) is 3.41. The average Bonchev–Trinajstić information content (AvgIpc) is 3.21. The Bertz CT molecular complexity index is 1180. The largest absolute Gasteiger partial charge is 0.342 e. The molecule has 0 atom stereocenters. The molecule has 7 nitrogen and oxygen atoms in total. The van der Waals surface area contributed by atoms with Crippen molar-refractivity contribution in [2.75, 3.05) is 6.54 Å².